The summed E-state index contributed by atoms with van der Waals surface area (Å²) in [5, 5.41) is 0. The van der Waals surface area contributed by atoms with Crippen LogP contribution < -0.4 is 0 Å². The summed E-state index contributed by atoms with van der Waals surface area (Å²) < 4.78 is 11.5. The molecule has 3 aliphatic heterocycles. The molecule has 118 valence electrons. The fourth-order valence-corrected chi connectivity index (χ4v) is 3.69. The van der Waals surface area contributed by atoms with Gasteiger partial charge >= 0.3 is 0 Å². The predicted molar refractivity (Wildman–Crippen MR) is 79.6 cm³/mol. The van der Waals surface area contributed by atoms with Crippen LogP contribution in [0.5, 0.6) is 0 Å². The lowest BCUT2D eigenvalue weighted by atomic mass is 9.88. The fraction of sp³-hybridized carbons (Fsp3) is 0.625. The molecule has 0 radical (unpaired) electrons. The summed E-state index contributed by atoms with van der Waals surface area (Å²) >= 11 is 0. The van der Waals surface area contributed by atoms with Crippen LogP contribution in [-0.2, 0) is 9.47 Å². The maximum absolute atomic E-state index is 12.4. The summed E-state index contributed by atoms with van der Waals surface area (Å²) in [4.78, 5) is 20.7. The number of hydrogen-bond donors (Lipinski definition) is 0. The van der Waals surface area contributed by atoms with Crippen molar-refractivity contribution in [1.82, 2.24) is 14.8 Å². The molecule has 1 unspecified atom stereocenters. The summed E-state index contributed by atoms with van der Waals surface area (Å²) in [5.41, 5.74) is 0.582. The predicted octanol–water partition coefficient (Wildman–Crippen LogP) is 0.397. The standard InChI is InChI=1S/C16H21N3O3/c20-15(13-1-3-17-4-2-13)19-11-16(12-19)9-14(10-22-16)18-5-7-21-8-6-18/h1-4,14H,5-12H2. The highest BCUT2D eigenvalue weighted by atomic mass is 16.5. The molecule has 0 saturated carbocycles. The second-order valence-corrected chi connectivity index (χ2v) is 6.40. The summed E-state index contributed by atoms with van der Waals surface area (Å²) in [6.45, 7) is 5.79. The third-order valence-corrected chi connectivity index (χ3v) is 4.92. The Morgan fingerprint density at radius 2 is 1.95 bits per heavy atom. The van der Waals surface area contributed by atoms with Crippen LogP contribution in [0, 0.1) is 0 Å². The summed E-state index contributed by atoms with van der Waals surface area (Å²) in [7, 11) is 0. The Kier molecular flexibility index (Phi) is 3.60. The Morgan fingerprint density at radius 3 is 2.68 bits per heavy atom. The lowest BCUT2D eigenvalue weighted by Crippen LogP contribution is -2.63. The fourth-order valence-electron chi connectivity index (χ4n) is 3.69. The number of morpholine rings is 1. The van der Waals surface area contributed by atoms with Crippen LogP contribution in [0.3, 0.4) is 0 Å². The van der Waals surface area contributed by atoms with Crippen molar-refractivity contribution in [2.75, 3.05) is 46.0 Å². The number of likely N-dealkylation sites (tertiary alicyclic amines) is 1. The molecule has 0 N–H and O–H groups in total. The number of ether oxygens (including phenoxy) is 2. The average Bonchev–Trinajstić information content (AvgIpc) is 3.00. The van der Waals surface area contributed by atoms with Gasteiger partial charge in [0.1, 0.15) is 5.60 Å². The molecule has 6 nitrogen and oxygen atoms in total. The molecule has 1 aromatic rings. The molecule has 22 heavy (non-hydrogen) atoms. The molecular formula is C16H21N3O3. The van der Waals surface area contributed by atoms with Crippen molar-refractivity contribution in [3.8, 4) is 0 Å². The molecule has 4 rings (SSSR count). The molecule has 1 spiro atoms. The van der Waals surface area contributed by atoms with Gasteiger partial charge in [0.05, 0.1) is 32.9 Å². The second-order valence-electron chi connectivity index (χ2n) is 6.40. The molecule has 3 aliphatic rings. The first-order valence-corrected chi connectivity index (χ1v) is 7.91. The molecule has 4 heterocycles. The van der Waals surface area contributed by atoms with Crippen molar-refractivity contribution in [2.45, 2.75) is 18.1 Å². The Balaban J connectivity index is 1.34. The van der Waals surface area contributed by atoms with Crippen LogP contribution in [0.4, 0.5) is 0 Å². The van der Waals surface area contributed by atoms with E-state index in [1.54, 1.807) is 24.5 Å². The zero-order valence-corrected chi connectivity index (χ0v) is 12.6. The molecule has 0 bridgehead atoms. The lowest BCUT2D eigenvalue weighted by Gasteiger charge is -2.47. The van der Waals surface area contributed by atoms with Gasteiger partial charge in [0.2, 0.25) is 0 Å². The highest BCUT2D eigenvalue weighted by molar-refractivity contribution is 5.94. The van der Waals surface area contributed by atoms with Gasteiger partial charge in [-0.05, 0) is 18.6 Å². The number of rotatable bonds is 2. The van der Waals surface area contributed by atoms with Crippen LogP contribution in [0.2, 0.25) is 0 Å². The summed E-state index contributed by atoms with van der Waals surface area (Å²) in [6.07, 6.45) is 4.33. The van der Waals surface area contributed by atoms with Crippen molar-refractivity contribution < 1.29 is 14.3 Å². The zero-order valence-electron chi connectivity index (χ0n) is 12.6. The largest absolute Gasteiger partial charge is 0.379 e. The van der Waals surface area contributed by atoms with E-state index in [2.05, 4.69) is 9.88 Å². The minimum Gasteiger partial charge on any atom is -0.379 e. The monoisotopic (exact) mass is 303 g/mol. The topological polar surface area (TPSA) is 54.9 Å². The van der Waals surface area contributed by atoms with Crippen LogP contribution in [0.1, 0.15) is 16.8 Å². The zero-order chi connectivity index (χ0) is 15.0. The molecule has 1 amide bonds. The third-order valence-electron chi connectivity index (χ3n) is 4.92. The Labute approximate surface area is 130 Å². The summed E-state index contributed by atoms with van der Waals surface area (Å²) in [6, 6.07) is 4.00. The van der Waals surface area contributed by atoms with Crippen LogP contribution in [-0.4, -0.2) is 78.3 Å². The van der Waals surface area contributed by atoms with E-state index in [1.165, 1.54) is 0 Å². The molecule has 3 fully saturated rings. The highest BCUT2D eigenvalue weighted by Crippen LogP contribution is 2.37. The number of amides is 1. The summed E-state index contributed by atoms with van der Waals surface area (Å²) in [5.74, 6) is 0.0754. The number of pyridine rings is 1. The number of carbonyl (C=O) groups excluding carboxylic acids is 1. The van der Waals surface area contributed by atoms with Crippen molar-refractivity contribution in [2.24, 2.45) is 0 Å². The average molecular weight is 303 g/mol. The van der Waals surface area contributed by atoms with Crippen LogP contribution in [0.15, 0.2) is 24.5 Å². The smallest absolute Gasteiger partial charge is 0.254 e. The quantitative estimate of drug-likeness (QED) is 0.791. The van der Waals surface area contributed by atoms with E-state index in [4.69, 9.17) is 9.47 Å². The molecule has 1 aromatic heterocycles. The molecule has 0 aliphatic carbocycles. The van der Waals surface area contributed by atoms with E-state index in [0.717, 1.165) is 39.3 Å². The van der Waals surface area contributed by atoms with E-state index in [-0.39, 0.29) is 11.5 Å². The van der Waals surface area contributed by atoms with Gasteiger partial charge < -0.3 is 14.4 Å². The van der Waals surface area contributed by atoms with Crippen molar-refractivity contribution in [1.29, 1.82) is 0 Å². The first-order chi connectivity index (χ1) is 10.8. The van der Waals surface area contributed by atoms with E-state index in [1.807, 2.05) is 4.90 Å². The van der Waals surface area contributed by atoms with Gasteiger partial charge in [0.25, 0.3) is 5.91 Å². The molecule has 1 atom stereocenters. The van der Waals surface area contributed by atoms with Gasteiger partial charge in [-0.3, -0.25) is 14.7 Å². The van der Waals surface area contributed by atoms with Gasteiger partial charge in [-0.25, -0.2) is 0 Å². The molecule has 0 aromatic carbocycles. The van der Waals surface area contributed by atoms with Gasteiger partial charge in [-0.2, -0.15) is 0 Å². The highest BCUT2D eigenvalue weighted by Gasteiger charge is 2.52. The molecular weight excluding hydrogens is 282 g/mol. The van der Waals surface area contributed by atoms with Crippen molar-refractivity contribution in [3.63, 3.8) is 0 Å². The number of aromatic nitrogens is 1. The van der Waals surface area contributed by atoms with E-state index in [0.29, 0.717) is 24.7 Å². The van der Waals surface area contributed by atoms with E-state index < -0.39 is 0 Å². The first-order valence-electron chi connectivity index (χ1n) is 7.91. The number of nitrogens with zero attached hydrogens (tertiary/aromatic N) is 3. The van der Waals surface area contributed by atoms with Gasteiger partial charge in [0.15, 0.2) is 0 Å². The van der Waals surface area contributed by atoms with Crippen molar-refractivity contribution in [3.05, 3.63) is 30.1 Å². The van der Waals surface area contributed by atoms with Crippen LogP contribution >= 0.6 is 0 Å². The number of carbonyl (C=O) groups is 1. The lowest BCUT2D eigenvalue weighted by molar-refractivity contribution is -0.0951. The Hall–Kier alpha value is -1.50. The molecule has 6 heteroatoms. The second kappa shape index (κ2) is 5.61. The van der Waals surface area contributed by atoms with E-state index in [9.17, 15) is 4.79 Å². The SMILES string of the molecule is O=C(c1ccncc1)N1CC2(CC(N3CCOCC3)CO2)C1. The van der Waals surface area contributed by atoms with E-state index >= 15 is 0 Å². The minimum atomic E-state index is -0.119. The van der Waals surface area contributed by atoms with Gasteiger partial charge in [-0.15, -0.1) is 0 Å². The number of hydrogen-bond acceptors (Lipinski definition) is 5. The van der Waals surface area contributed by atoms with Gasteiger partial charge in [-0.1, -0.05) is 0 Å². The Bertz CT molecular complexity index is 539. The first kappa shape index (κ1) is 14.1. The van der Waals surface area contributed by atoms with Gasteiger partial charge in [0, 0.05) is 37.1 Å². The maximum atomic E-state index is 12.4. The van der Waals surface area contributed by atoms with Crippen LogP contribution in [0.25, 0.3) is 0 Å². The third kappa shape index (κ3) is 2.51. The normalized spacial score (nSPS) is 27.8. The molecule has 3 saturated heterocycles. The van der Waals surface area contributed by atoms with Crippen molar-refractivity contribution >= 4 is 5.91 Å². The minimum absolute atomic E-state index is 0.0754. The maximum Gasteiger partial charge on any atom is 0.254 e. The Morgan fingerprint density at radius 1 is 1.23 bits per heavy atom.